The zero-order chi connectivity index (χ0) is 24.5. The Bertz CT molecular complexity index is 1450. The zero-order valence-electron chi connectivity index (χ0n) is 18.8. The molecule has 0 saturated carbocycles. The second-order valence-corrected chi connectivity index (χ2v) is 11.0. The fourth-order valence-electron chi connectivity index (χ4n) is 4.29. The van der Waals surface area contributed by atoms with Gasteiger partial charge in [0, 0.05) is 30.8 Å². The van der Waals surface area contributed by atoms with Crippen LogP contribution in [0.1, 0.15) is 28.8 Å². The van der Waals surface area contributed by atoms with Gasteiger partial charge in [-0.3, -0.25) is 9.52 Å². The van der Waals surface area contributed by atoms with Crippen molar-refractivity contribution in [3.8, 4) is 0 Å². The van der Waals surface area contributed by atoms with Crippen LogP contribution in [0.25, 0.3) is 11.0 Å². The van der Waals surface area contributed by atoms with Gasteiger partial charge in [0.25, 0.3) is 15.9 Å². The Morgan fingerprint density at radius 3 is 2.37 bits per heavy atom. The lowest BCUT2D eigenvalue weighted by molar-refractivity contribution is -0.0162. The van der Waals surface area contributed by atoms with E-state index in [1.54, 1.807) is 35.2 Å². The van der Waals surface area contributed by atoms with Gasteiger partial charge >= 0.3 is 0 Å². The second-order valence-electron chi connectivity index (χ2n) is 8.78. The third-order valence-electron chi connectivity index (χ3n) is 6.28. The summed E-state index contributed by atoms with van der Waals surface area (Å²) in [6.45, 7) is 0.926. The molecule has 1 aliphatic rings. The molecule has 5 rings (SSSR count). The van der Waals surface area contributed by atoms with Crippen molar-refractivity contribution in [2.75, 3.05) is 17.8 Å². The summed E-state index contributed by atoms with van der Waals surface area (Å²) >= 11 is 1.03. The van der Waals surface area contributed by atoms with Gasteiger partial charge in [-0.05, 0) is 60.9 Å². The highest BCUT2D eigenvalue weighted by Crippen LogP contribution is 2.28. The smallest absolute Gasteiger partial charge is 0.261 e. The molecule has 0 unspecified atom stereocenters. The number of amides is 1. The van der Waals surface area contributed by atoms with Crippen LogP contribution in [0.2, 0.25) is 0 Å². The van der Waals surface area contributed by atoms with Crippen molar-refractivity contribution >= 4 is 44.4 Å². The van der Waals surface area contributed by atoms with Gasteiger partial charge in [-0.25, -0.2) is 8.42 Å². The molecule has 180 valence electrons. The van der Waals surface area contributed by atoms with Crippen LogP contribution >= 0.6 is 11.7 Å². The summed E-state index contributed by atoms with van der Waals surface area (Å²) in [6.07, 6.45) is 1.57. The number of carbonyl (C=O) groups is 1. The number of carbonyl (C=O) groups excluding carboxylic acids is 1. The van der Waals surface area contributed by atoms with Crippen LogP contribution in [-0.2, 0) is 16.4 Å². The molecule has 8 nitrogen and oxygen atoms in total. The van der Waals surface area contributed by atoms with E-state index in [1.807, 2.05) is 30.3 Å². The first kappa shape index (κ1) is 23.4. The number of anilines is 1. The van der Waals surface area contributed by atoms with Crippen LogP contribution < -0.4 is 4.72 Å². The highest BCUT2D eigenvalue weighted by molar-refractivity contribution is 7.92. The number of nitrogens with one attached hydrogen (secondary N) is 1. The highest BCUT2D eigenvalue weighted by atomic mass is 32.2. The summed E-state index contributed by atoms with van der Waals surface area (Å²) in [4.78, 5) is 14.8. The molecule has 2 N–H and O–H groups in total. The zero-order valence-corrected chi connectivity index (χ0v) is 20.4. The minimum absolute atomic E-state index is 0.0918. The Morgan fingerprint density at radius 2 is 1.66 bits per heavy atom. The van der Waals surface area contributed by atoms with E-state index in [2.05, 4.69) is 13.5 Å². The first-order valence-corrected chi connectivity index (χ1v) is 13.4. The van der Waals surface area contributed by atoms with E-state index in [-0.39, 0.29) is 10.8 Å². The second kappa shape index (κ2) is 9.37. The number of likely N-dealkylation sites (tertiary alicyclic amines) is 1. The van der Waals surface area contributed by atoms with Crippen LogP contribution in [0.3, 0.4) is 0 Å². The summed E-state index contributed by atoms with van der Waals surface area (Å²) in [6, 6.07) is 20.8. The molecule has 1 aromatic heterocycles. The molecule has 3 aromatic carbocycles. The maximum Gasteiger partial charge on any atom is 0.261 e. The van der Waals surface area contributed by atoms with Crippen molar-refractivity contribution < 1.29 is 18.3 Å². The summed E-state index contributed by atoms with van der Waals surface area (Å²) in [7, 11) is -3.81. The van der Waals surface area contributed by atoms with Gasteiger partial charge in [0.2, 0.25) is 0 Å². The number of rotatable bonds is 6. The Kier molecular flexibility index (Phi) is 6.26. The van der Waals surface area contributed by atoms with Crippen LogP contribution in [0.4, 0.5) is 5.69 Å². The molecule has 0 atom stereocenters. The van der Waals surface area contributed by atoms with E-state index in [4.69, 9.17) is 0 Å². The minimum Gasteiger partial charge on any atom is -0.389 e. The number of fused-ring (bicyclic) bond motifs is 1. The molecule has 1 amide bonds. The molecule has 0 bridgehead atoms. The molecule has 1 aliphatic heterocycles. The topological polar surface area (TPSA) is 112 Å². The van der Waals surface area contributed by atoms with E-state index in [0.717, 1.165) is 17.3 Å². The number of aliphatic hydroxyl groups is 1. The number of sulfonamides is 1. The predicted octanol–water partition coefficient (Wildman–Crippen LogP) is 3.70. The molecule has 4 aromatic rings. The Hall–Kier alpha value is -3.34. The normalized spacial score (nSPS) is 15.7. The van der Waals surface area contributed by atoms with Crippen molar-refractivity contribution in [3.05, 3.63) is 83.9 Å². The quantitative estimate of drug-likeness (QED) is 0.411. The summed E-state index contributed by atoms with van der Waals surface area (Å²) in [5, 5.41) is 11.0. The highest BCUT2D eigenvalue weighted by Gasteiger charge is 2.34. The average Bonchev–Trinajstić information content (AvgIpc) is 3.33. The third-order valence-corrected chi connectivity index (χ3v) is 8.21. The largest absolute Gasteiger partial charge is 0.389 e. The number of benzene rings is 3. The first-order valence-electron chi connectivity index (χ1n) is 11.2. The number of hydrogen-bond donors (Lipinski definition) is 2. The number of hydrogen-bond acceptors (Lipinski definition) is 7. The first-order chi connectivity index (χ1) is 16.8. The molecule has 1 saturated heterocycles. The summed E-state index contributed by atoms with van der Waals surface area (Å²) in [5.74, 6) is -0.136. The van der Waals surface area contributed by atoms with Crippen molar-refractivity contribution in [3.63, 3.8) is 0 Å². The predicted molar refractivity (Wildman–Crippen MR) is 135 cm³/mol. The summed E-state index contributed by atoms with van der Waals surface area (Å²) < 4.78 is 36.2. The number of nitrogens with zero attached hydrogens (tertiary/aromatic N) is 3. The van der Waals surface area contributed by atoms with E-state index in [1.165, 1.54) is 12.1 Å². The average molecular weight is 509 g/mol. The fraction of sp³-hybridized carbons (Fsp3) is 0.240. The Balaban J connectivity index is 1.21. The van der Waals surface area contributed by atoms with Crippen LogP contribution in [-0.4, -0.2) is 51.8 Å². The van der Waals surface area contributed by atoms with Crippen molar-refractivity contribution in [2.45, 2.75) is 29.8 Å². The third kappa shape index (κ3) is 5.19. The molecule has 0 aliphatic carbocycles. The Morgan fingerprint density at radius 1 is 0.971 bits per heavy atom. The van der Waals surface area contributed by atoms with Crippen LogP contribution in [0.15, 0.2) is 77.7 Å². The van der Waals surface area contributed by atoms with Gasteiger partial charge < -0.3 is 10.0 Å². The van der Waals surface area contributed by atoms with E-state index in [0.29, 0.717) is 54.6 Å². The van der Waals surface area contributed by atoms with Crippen molar-refractivity contribution in [1.29, 1.82) is 0 Å². The lowest BCUT2D eigenvalue weighted by Crippen LogP contribution is -2.47. The van der Waals surface area contributed by atoms with Gasteiger partial charge in [0.15, 0.2) is 0 Å². The molecule has 2 heterocycles. The van der Waals surface area contributed by atoms with Crippen molar-refractivity contribution in [1.82, 2.24) is 13.6 Å². The minimum atomic E-state index is -3.81. The lowest BCUT2D eigenvalue weighted by Gasteiger charge is -2.38. The van der Waals surface area contributed by atoms with E-state index >= 15 is 0 Å². The molecule has 0 radical (unpaired) electrons. The van der Waals surface area contributed by atoms with Gasteiger partial charge in [-0.1, -0.05) is 30.3 Å². The number of piperidine rings is 1. The van der Waals surface area contributed by atoms with Gasteiger partial charge in [-0.2, -0.15) is 8.75 Å². The van der Waals surface area contributed by atoms with Gasteiger partial charge in [0.05, 0.1) is 22.2 Å². The molecule has 1 fully saturated rings. The van der Waals surface area contributed by atoms with Crippen LogP contribution in [0.5, 0.6) is 0 Å². The Labute approximate surface area is 207 Å². The molecule has 0 spiro atoms. The standard InChI is InChI=1S/C25H24N4O4S2/c30-24(29-14-12-25(31,13-15-29)17-18-4-2-1-3-5-18)19-6-8-20(9-7-19)28-35(32,33)21-10-11-22-23(16-21)27-34-26-22/h1-11,16,28,31H,12-15,17H2. The molecular formula is C25H24N4O4S2. The van der Waals surface area contributed by atoms with Gasteiger partial charge in [0.1, 0.15) is 11.0 Å². The van der Waals surface area contributed by atoms with Crippen molar-refractivity contribution in [2.24, 2.45) is 0 Å². The summed E-state index contributed by atoms with van der Waals surface area (Å²) in [5.41, 5.74) is 2.25. The maximum atomic E-state index is 13.0. The van der Waals surface area contributed by atoms with Crippen LogP contribution in [0, 0.1) is 0 Å². The molecular weight excluding hydrogens is 484 g/mol. The fourth-order valence-corrected chi connectivity index (χ4v) is 5.88. The van der Waals surface area contributed by atoms with E-state index in [9.17, 15) is 18.3 Å². The van der Waals surface area contributed by atoms with E-state index < -0.39 is 15.6 Å². The lowest BCUT2D eigenvalue weighted by atomic mass is 9.85. The maximum absolute atomic E-state index is 13.0. The SMILES string of the molecule is O=C(c1ccc(NS(=O)(=O)c2ccc3nsnc3c2)cc1)N1CCC(O)(Cc2ccccc2)CC1. The monoisotopic (exact) mass is 508 g/mol. The molecule has 10 heteroatoms. The number of aromatic nitrogens is 2. The molecule has 35 heavy (non-hydrogen) atoms. The van der Waals surface area contributed by atoms with Gasteiger partial charge in [-0.15, -0.1) is 0 Å².